The van der Waals surface area contributed by atoms with E-state index in [-0.39, 0.29) is 5.91 Å². The highest BCUT2D eigenvalue weighted by Crippen LogP contribution is 2.22. The number of hydrogen-bond acceptors (Lipinski definition) is 3. The third kappa shape index (κ3) is 3.66. The van der Waals surface area contributed by atoms with Crippen molar-refractivity contribution in [2.24, 2.45) is 0 Å². The zero-order valence-corrected chi connectivity index (χ0v) is 14.1. The van der Waals surface area contributed by atoms with Crippen molar-refractivity contribution < 1.29 is 9.53 Å². The van der Waals surface area contributed by atoms with Crippen LogP contribution in [-0.4, -0.2) is 13.0 Å². The molecule has 2 aromatic carbocycles. The Morgan fingerprint density at radius 3 is 2.76 bits per heavy atom. The van der Waals surface area contributed by atoms with Crippen LogP contribution in [-0.2, 0) is 6.54 Å². The van der Waals surface area contributed by atoms with Gasteiger partial charge in [0.1, 0.15) is 5.75 Å². The summed E-state index contributed by atoms with van der Waals surface area (Å²) in [4.78, 5) is 12.2. The van der Waals surface area contributed by atoms with Gasteiger partial charge in [-0.25, -0.2) is 0 Å². The number of rotatable bonds is 4. The van der Waals surface area contributed by atoms with Gasteiger partial charge in [-0.1, -0.05) is 18.2 Å². The van der Waals surface area contributed by atoms with Gasteiger partial charge in [0.2, 0.25) is 0 Å². The monoisotopic (exact) mass is 396 g/mol. The Bertz CT molecular complexity index is 671. The molecule has 0 heterocycles. The lowest BCUT2D eigenvalue weighted by atomic mass is 10.1. The SMILES string of the molecule is COc1ccc(CNC(=O)c2cccc(C)c2I)cc1N. The molecule has 0 saturated heterocycles. The number of ether oxygens (including phenoxy) is 1. The number of benzene rings is 2. The third-order valence-electron chi connectivity index (χ3n) is 3.18. The van der Waals surface area contributed by atoms with Crippen molar-refractivity contribution in [3.8, 4) is 5.75 Å². The number of anilines is 1. The van der Waals surface area contributed by atoms with Crippen molar-refractivity contribution >= 4 is 34.2 Å². The molecule has 0 radical (unpaired) electrons. The number of nitrogens with two attached hydrogens (primary N) is 1. The second kappa shape index (κ2) is 6.80. The Hall–Kier alpha value is -1.76. The maximum absolute atomic E-state index is 12.2. The second-order valence-corrected chi connectivity index (χ2v) is 5.77. The number of carbonyl (C=O) groups excluding carboxylic acids is 1. The van der Waals surface area contributed by atoms with Crippen LogP contribution in [0.3, 0.4) is 0 Å². The zero-order chi connectivity index (χ0) is 15.4. The molecule has 2 rings (SSSR count). The molecule has 0 fully saturated rings. The number of methoxy groups -OCH3 is 1. The summed E-state index contributed by atoms with van der Waals surface area (Å²) in [6.45, 7) is 2.42. The quantitative estimate of drug-likeness (QED) is 0.617. The van der Waals surface area contributed by atoms with Crippen LogP contribution in [0.1, 0.15) is 21.5 Å². The number of hydrogen-bond donors (Lipinski definition) is 2. The third-order valence-corrected chi connectivity index (χ3v) is 4.62. The minimum atomic E-state index is -0.0857. The highest BCUT2D eigenvalue weighted by atomic mass is 127. The van der Waals surface area contributed by atoms with E-state index in [4.69, 9.17) is 10.5 Å². The van der Waals surface area contributed by atoms with Gasteiger partial charge >= 0.3 is 0 Å². The Morgan fingerprint density at radius 2 is 2.10 bits per heavy atom. The van der Waals surface area contributed by atoms with Crippen molar-refractivity contribution in [1.82, 2.24) is 5.32 Å². The van der Waals surface area contributed by atoms with E-state index in [1.54, 1.807) is 19.2 Å². The molecule has 110 valence electrons. The van der Waals surface area contributed by atoms with Crippen molar-refractivity contribution in [3.05, 3.63) is 56.7 Å². The molecule has 21 heavy (non-hydrogen) atoms. The minimum Gasteiger partial charge on any atom is -0.495 e. The van der Waals surface area contributed by atoms with Crippen LogP contribution in [0, 0.1) is 10.5 Å². The summed E-state index contributed by atoms with van der Waals surface area (Å²) >= 11 is 2.19. The number of carbonyl (C=O) groups is 1. The van der Waals surface area contributed by atoms with E-state index >= 15 is 0 Å². The van der Waals surface area contributed by atoms with Crippen LogP contribution in [0.5, 0.6) is 5.75 Å². The van der Waals surface area contributed by atoms with Crippen molar-refractivity contribution in [3.63, 3.8) is 0 Å². The molecule has 0 aliphatic rings. The molecule has 0 spiro atoms. The molecule has 2 aromatic rings. The van der Waals surface area contributed by atoms with E-state index in [0.29, 0.717) is 23.5 Å². The fraction of sp³-hybridized carbons (Fsp3) is 0.188. The molecule has 5 heteroatoms. The van der Waals surface area contributed by atoms with Crippen LogP contribution in [0.25, 0.3) is 0 Å². The van der Waals surface area contributed by atoms with Gasteiger partial charge in [0, 0.05) is 10.1 Å². The molecule has 0 aliphatic carbocycles. The Kier molecular flexibility index (Phi) is 5.06. The standard InChI is InChI=1S/C16H17IN2O2/c1-10-4-3-5-12(15(10)17)16(20)19-9-11-6-7-14(21-2)13(18)8-11/h3-8H,9,18H2,1-2H3,(H,19,20). The average molecular weight is 396 g/mol. The number of amides is 1. The molecule has 0 aromatic heterocycles. The van der Waals surface area contributed by atoms with Crippen molar-refractivity contribution in [2.45, 2.75) is 13.5 Å². The summed E-state index contributed by atoms with van der Waals surface area (Å²) in [5.41, 5.74) is 9.14. The van der Waals surface area contributed by atoms with Gasteiger partial charge in [-0.2, -0.15) is 0 Å². The summed E-state index contributed by atoms with van der Waals surface area (Å²) in [6.07, 6.45) is 0. The van der Waals surface area contributed by atoms with Crippen LogP contribution in [0.15, 0.2) is 36.4 Å². The maximum Gasteiger partial charge on any atom is 0.252 e. The summed E-state index contributed by atoms with van der Waals surface area (Å²) in [7, 11) is 1.58. The predicted molar refractivity (Wildman–Crippen MR) is 92.5 cm³/mol. The first-order chi connectivity index (χ1) is 10.0. The Morgan fingerprint density at radius 1 is 1.33 bits per heavy atom. The Labute approximate surface area is 137 Å². The maximum atomic E-state index is 12.2. The summed E-state index contributed by atoms with van der Waals surface area (Å²) in [5.74, 6) is 0.552. The molecule has 0 saturated carbocycles. The van der Waals surface area contributed by atoms with E-state index in [0.717, 1.165) is 14.7 Å². The molecule has 0 bridgehead atoms. The van der Waals surface area contributed by atoms with E-state index in [9.17, 15) is 4.79 Å². The second-order valence-electron chi connectivity index (χ2n) is 4.70. The van der Waals surface area contributed by atoms with Crippen molar-refractivity contribution in [1.29, 1.82) is 0 Å². The first-order valence-corrected chi connectivity index (χ1v) is 7.56. The predicted octanol–water partition coefficient (Wildman–Crippen LogP) is 3.12. The van der Waals surface area contributed by atoms with E-state index in [1.807, 2.05) is 31.2 Å². The summed E-state index contributed by atoms with van der Waals surface area (Å²) in [5, 5.41) is 2.91. The van der Waals surface area contributed by atoms with Gasteiger partial charge in [0.25, 0.3) is 5.91 Å². The smallest absolute Gasteiger partial charge is 0.252 e. The number of nitrogens with one attached hydrogen (secondary N) is 1. The average Bonchev–Trinajstić information content (AvgIpc) is 2.47. The van der Waals surface area contributed by atoms with E-state index < -0.39 is 0 Å². The molecule has 4 nitrogen and oxygen atoms in total. The van der Waals surface area contributed by atoms with Gasteiger partial charge in [0.15, 0.2) is 0 Å². The number of aryl methyl sites for hydroxylation is 1. The number of nitrogen functional groups attached to an aromatic ring is 1. The van der Waals surface area contributed by atoms with E-state index in [1.165, 1.54) is 0 Å². The molecule has 0 unspecified atom stereocenters. The van der Waals surface area contributed by atoms with Gasteiger partial charge < -0.3 is 15.8 Å². The van der Waals surface area contributed by atoms with Crippen molar-refractivity contribution in [2.75, 3.05) is 12.8 Å². The van der Waals surface area contributed by atoms with Gasteiger partial charge in [0.05, 0.1) is 18.4 Å². The topological polar surface area (TPSA) is 64.3 Å². The number of halogens is 1. The lowest BCUT2D eigenvalue weighted by Crippen LogP contribution is -2.24. The lowest BCUT2D eigenvalue weighted by Gasteiger charge is -2.10. The molecular formula is C16H17IN2O2. The summed E-state index contributed by atoms with van der Waals surface area (Å²) in [6, 6.07) is 11.2. The molecule has 3 N–H and O–H groups in total. The normalized spacial score (nSPS) is 10.2. The first kappa shape index (κ1) is 15.6. The lowest BCUT2D eigenvalue weighted by molar-refractivity contribution is 0.0950. The van der Waals surface area contributed by atoms with Crippen LogP contribution < -0.4 is 15.8 Å². The fourth-order valence-corrected chi connectivity index (χ4v) is 2.60. The van der Waals surface area contributed by atoms with Gasteiger partial charge in [-0.15, -0.1) is 0 Å². The molecule has 0 atom stereocenters. The molecular weight excluding hydrogens is 379 g/mol. The fourth-order valence-electron chi connectivity index (χ4n) is 1.99. The Balaban J connectivity index is 2.07. The minimum absolute atomic E-state index is 0.0857. The van der Waals surface area contributed by atoms with Gasteiger partial charge in [-0.3, -0.25) is 4.79 Å². The van der Waals surface area contributed by atoms with Crippen LogP contribution in [0.2, 0.25) is 0 Å². The molecule has 0 aliphatic heterocycles. The molecule has 1 amide bonds. The van der Waals surface area contributed by atoms with E-state index in [2.05, 4.69) is 27.9 Å². The zero-order valence-electron chi connectivity index (χ0n) is 11.9. The van der Waals surface area contributed by atoms with Crippen LogP contribution >= 0.6 is 22.6 Å². The largest absolute Gasteiger partial charge is 0.495 e. The van der Waals surface area contributed by atoms with Crippen LogP contribution in [0.4, 0.5) is 5.69 Å². The highest BCUT2D eigenvalue weighted by Gasteiger charge is 2.11. The highest BCUT2D eigenvalue weighted by molar-refractivity contribution is 14.1. The summed E-state index contributed by atoms with van der Waals surface area (Å²) < 4.78 is 6.08. The van der Waals surface area contributed by atoms with Gasteiger partial charge in [-0.05, 0) is 58.8 Å². The first-order valence-electron chi connectivity index (χ1n) is 6.48.